The van der Waals surface area contributed by atoms with Crippen molar-refractivity contribution >= 4 is 10.8 Å². The third kappa shape index (κ3) is 2.17. The smallest absolute Gasteiger partial charge is 0.230 e. The van der Waals surface area contributed by atoms with Gasteiger partial charge in [-0.3, -0.25) is 0 Å². The van der Waals surface area contributed by atoms with Crippen LogP contribution in [0.1, 0.15) is 61.2 Å². The lowest BCUT2D eigenvalue weighted by Crippen LogP contribution is -2.34. The quantitative estimate of drug-likeness (QED) is 0.785. The Labute approximate surface area is 141 Å². The zero-order valence-corrected chi connectivity index (χ0v) is 13.6. The van der Waals surface area contributed by atoms with Gasteiger partial charge in [-0.25, -0.2) is 0 Å². The Morgan fingerprint density at radius 1 is 1.00 bits per heavy atom. The molecule has 2 atom stereocenters. The van der Waals surface area contributed by atoms with Crippen molar-refractivity contribution in [1.82, 2.24) is 10.1 Å². The van der Waals surface area contributed by atoms with Gasteiger partial charge in [0.2, 0.25) is 5.89 Å². The van der Waals surface area contributed by atoms with E-state index >= 15 is 0 Å². The summed E-state index contributed by atoms with van der Waals surface area (Å²) >= 11 is 0. The van der Waals surface area contributed by atoms with Gasteiger partial charge in [0, 0.05) is 5.92 Å². The lowest BCUT2D eigenvalue weighted by molar-refractivity contribution is 0.348. The minimum absolute atomic E-state index is 0.335. The number of hydrogen-bond donors (Lipinski definition) is 1. The minimum atomic E-state index is -0.369. The molecule has 4 heteroatoms. The van der Waals surface area contributed by atoms with Crippen molar-refractivity contribution in [3.05, 3.63) is 59.7 Å². The molecule has 24 heavy (non-hydrogen) atoms. The van der Waals surface area contributed by atoms with Gasteiger partial charge in [-0.1, -0.05) is 60.5 Å². The lowest BCUT2D eigenvalue weighted by Gasteiger charge is -2.17. The number of aromatic nitrogens is 2. The number of hydrogen-bond acceptors (Lipinski definition) is 4. The normalized spacial score (nSPS) is 25.2. The maximum Gasteiger partial charge on any atom is 0.230 e. The third-order valence-corrected chi connectivity index (χ3v) is 5.71. The Morgan fingerprint density at radius 2 is 1.79 bits per heavy atom. The highest BCUT2D eigenvalue weighted by Gasteiger charge is 2.45. The van der Waals surface area contributed by atoms with E-state index in [-0.39, 0.29) is 5.54 Å². The number of rotatable bonds is 3. The molecule has 2 aliphatic carbocycles. The molecule has 2 aliphatic rings. The standard InChI is InChI=1S/C20H21N3O/c21-20(10-3-4-11-20)19-22-18(24-23-19)17-12-16(17)15-9-5-7-13-6-1-2-8-14(13)15/h1-2,5-9,16-17H,3-4,10-12,21H2. The zero-order valence-electron chi connectivity index (χ0n) is 13.6. The van der Waals surface area contributed by atoms with Gasteiger partial charge in [0.25, 0.3) is 0 Å². The second-order valence-electron chi connectivity index (χ2n) is 7.34. The molecule has 0 bridgehead atoms. The van der Waals surface area contributed by atoms with Crippen molar-refractivity contribution in [2.24, 2.45) is 5.73 Å². The molecule has 1 heterocycles. The molecule has 3 aromatic rings. The van der Waals surface area contributed by atoms with Gasteiger partial charge >= 0.3 is 0 Å². The maximum atomic E-state index is 6.45. The van der Waals surface area contributed by atoms with E-state index in [0.29, 0.717) is 17.7 Å². The van der Waals surface area contributed by atoms with Crippen LogP contribution in [0.3, 0.4) is 0 Å². The highest BCUT2D eigenvalue weighted by Crippen LogP contribution is 2.55. The molecule has 1 aromatic heterocycles. The summed E-state index contributed by atoms with van der Waals surface area (Å²) in [6.07, 6.45) is 5.31. The summed E-state index contributed by atoms with van der Waals surface area (Å²) in [6, 6.07) is 15.1. The molecular weight excluding hydrogens is 298 g/mol. The minimum Gasteiger partial charge on any atom is -0.339 e. The summed E-state index contributed by atoms with van der Waals surface area (Å²) in [7, 11) is 0. The summed E-state index contributed by atoms with van der Waals surface area (Å²) < 4.78 is 5.59. The number of benzene rings is 2. The Morgan fingerprint density at radius 3 is 2.67 bits per heavy atom. The van der Waals surface area contributed by atoms with Crippen LogP contribution in [0.2, 0.25) is 0 Å². The highest BCUT2D eigenvalue weighted by atomic mass is 16.5. The first kappa shape index (κ1) is 14.2. The molecule has 2 unspecified atom stereocenters. The Balaban J connectivity index is 1.43. The first-order valence-corrected chi connectivity index (χ1v) is 8.85. The fourth-order valence-electron chi connectivity index (χ4n) is 4.20. The van der Waals surface area contributed by atoms with E-state index in [1.807, 2.05) is 0 Å². The molecular formula is C20H21N3O. The van der Waals surface area contributed by atoms with Gasteiger partial charge in [0.05, 0.1) is 5.54 Å². The van der Waals surface area contributed by atoms with Crippen LogP contribution in [-0.4, -0.2) is 10.1 Å². The number of nitrogens with two attached hydrogens (primary N) is 1. The van der Waals surface area contributed by atoms with Crippen LogP contribution < -0.4 is 5.73 Å². The Bertz CT molecular complexity index is 889. The van der Waals surface area contributed by atoms with Gasteiger partial charge in [-0.15, -0.1) is 0 Å². The summed E-state index contributed by atoms with van der Waals surface area (Å²) in [5.41, 5.74) is 7.47. The predicted octanol–water partition coefficient (Wildman–Crippen LogP) is 4.22. The monoisotopic (exact) mass is 319 g/mol. The average molecular weight is 319 g/mol. The van der Waals surface area contributed by atoms with Crippen LogP contribution in [0.5, 0.6) is 0 Å². The van der Waals surface area contributed by atoms with Crippen LogP contribution in [0, 0.1) is 0 Å². The van der Waals surface area contributed by atoms with Crippen LogP contribution in [0.4, 0.5) is 0 Å². The van der Waals surface area contributed by atoms with Crippen molar-refractivity contribution in [2.45, 2.75) is 49.5 Å². The fraction of sp³-hybridized carbons (Fsp3) is 0.400. The summed E-state index contributed by atoms with van der Waals surface area (Å²) in [6.45, 7) is 0. The van der Waals surface area contributed by atoms with Crippen molar-refractivity contribution in [3.8, 4) is 0 Å². The molecule has 4 nitrogen and oxygen atoms in total. The number of fused-ring (bicyclic) bond motifs is 1. The first-order chi connectivity index (χ1) is 11.7. The van der Waals surface area contributed by atoms with Crippen LogP contribution in [0.25, 0.3) is 10.8 Å². The molecule has 0 aliphatic heterocycles. The van der Waals surface area contributed by atoms with Gasteiger partial charge in [-0.2, -0.15) is 4.98 Å². The van der Waals surface area contributed by atoms with Crippen LogP contribution >= 0.6 is 0 Å². The molecule has 122 valence electrons. The maximum absolute atomic E-state index is 6.45. The van der Waals surface area contributed by atoms with E-state index in [4.69, 9.17) is 10.3 Å². The first-order valence-electron chi connectivity index (χ1n) is 8.85. The summed E-state index contributed by atoms with van der Waals surface area (Å²) in [4.78, 5) is 4.68. The third-order valence-electron chi connectivity index (χ3n) is 5.71. The van der Waals surface area contributed by atoms with Gasteiger partial charge in [0.1, 0.15) is 0 Å². The molecule has 2 saturated carbocycles. The Hall–Kier alpha value is -2.20. The van der Waals surface area contributed by atoms with Gasteiger partial charge in [-0.05, 0) is 41.5 Å². The molecule has 2 aromatic carbocycles. The van der Waals surface area contributed by atoms with E-state index < -0.39 is 0 Å². The number of nitrogens with zero attached hydrogens (tertiary/aromatic N) is 2. The van der Waals surface area contributed by atoms with E-state index in [0.717, 1.165) is 38.0 Å². The molecule has 2 fully saturated rings. The second kappa shape index (κ2) is 5.15. The topological polar surface area (TPSA) is 64.9 Å². The zero-order chi connectivity index (χ0) is 16.1. The van der Waals surface area contributed by atoms with Crippen molar-refractivity contribution in [1.29, 1.82) is 0 Å². The molecule has 5 rings (SSSR count). The lowest BCUT2D eigenvalue weighted by atomic mass is 9.98. The summed E-state index contributed by atoms with van der Waals surface area (Å²) in [5, 5.41) is 6.83. The van der Waals surface area contributed by atoms with E-state index in [1.165, 1.54) is 16.3 Å². The van der Waals surface area contributed by atoms with Crippen LogP contribution in [-0.2, 0) is 5.54 Å². The SMILES string of the molecule is NC1(c2noc(C3CC3c3cccc4ccccc34)n2)CCCC1. The van der Waals surface area contributed by atoms with Crippen LogP contribution in [0.15, 0.2) is 47.0 Å². The van der Waals surface area contributed by atoms with E-state index in [2.05, 4.69) is 52.6 Å². The fourth-order valence-corrected chi connectivity index (χ4v) is 4.20. The summed E-state index contributed by atoms with van der Waals surface area (Å²) in [5.74, 6) is 2.28. The molecule has 0 spiro atoms. The predicted molar refractivity (Wildman–Crippen MR) is 92.7 cm³/mol. The molecule has 0 saturated heterocycles. The van der Waals surface area contributed by atoms with Crippen molar-refractivity contribution in [2.75, 3.05) is 0 Å². The molecule has 0 amide bonds. The van der Waals surface area contributed by atoms with Crippen molar-refractivity contribution in [3.63, 3.8) is 0 Å². The largest absolute Gasteiger partial charge is 0.339 e. The van der Waals surface area contributed by atoms with E-state index in [9.17, 15) is 0 Å². The molecule has 2 N–H and O–H groups in total. The second-order valence-corrected chi connectivity index (χ2v) is 7.34. The molecule has 0 radical (unpaired) electrons. The van der Waals surface area contributed by atoms with Gasteiger partial charge < -0.3 is 10.3 Å². The average Bonchev–Trinajstić information content (AvgIpc) is 3.03. The van der Waals surface area contributed by atoms with E-state index in [1.54, 1.807) is 0 Å². The van der Waals surface area contributed by atoms with Crippen molar-refractivity contribution < 1.29 is 4.52 Å². The highest BCUT2D eigenvalue weighted by molar-refractivity contribution is 5.86. The Kier molecular flexibility index (Phi) is 3.04. The van der Waals surface area contributed by atoms with Gasteiger partial charge in [0.15, 0.2) is 5.82 Å².